The molecule has 2 fully saturated rings. The molecular weight excluding hydrogens is 244 g/mol. The maximum atomic E-state index is 11.9. The first-order valence-corrected chi connectivity index (χ1v) is 8.49. The van der Waals surface area contributed by atoms with Crippen molar-refractivity contribution >= 4 is 17.7 Å². The van der Waals surface area contributed by atoms with E-state index in [9.17, 15) is 4.79 Å². The number of nitrogens with one attached hydrogen (secondary N) is 2. The van der Waals surface area contributed by atoms with Gasteiger partial charge >= 0.3 is 0 Å². The van der Waals surface area contributed by atoms with Gasteiger partial charge in [-0.15, -0.1) is 0 Å². The lowest BCUT2D eigenvalue weighted by Gasteiger charge is -2.40. The fraction of sp³-hybridized carbons (Fsp3) is 0.929. The topological polar surface area (TPSA) is 41.1 Å². The Bertz CT molecular complexity index is 267. The van der Waals surface area contributed by atoms with Gasteiger partial charge in [0.1, 0.15) is 0 Å². The second kappa shape index (κ2) is 6.80. The van der Waals surface area contributed by atoms with Crippen molar-refractivity contribution in [3.63, 3.8) is 0 Å². The van der Waals surface area contributed by atoms with Gasteiger partial charge in [0, 0.05) is 17.7 Å². The second-order valence-electron chi connectivity index (χ2n) is 5.75. The molecule has 0 spiro atoms. The highest BCUT2D eigenvalue weighted by Gasteiger charge is 2.36. The molecule has 3 nitrogen and oxygen atoms in total. The summed E-state index contributed by atoms with van der Waals surface area (Å²) in [6.07, 6.45) is 10.3. The summed E-state index contributed by atoms with van der Waals surface area (Å²) in [6.45, 7) is 3.13. The third-order valence-electron chi connectivity index (χ3n) is 4.54. The quantitative estimate of drug-likeness (QED) is 0.777. The summed E-state index contributed by atoms with van der Waals surface area (Å²) >= 11 is 1.92. The van der Waals surface area contributed by atoms with E-state index in [1.165, 1.54) is 32.1 Å². The molecule has 2 N–H and O–H groups in total. The van der Waals surface area contributed by atoms with Crippen LogP contribution >= 0.6 is 11.8 Å². The second-order valence-corrected chi connectivity index (χ2v) is 7.02. The molecular formula is C14H26N2OS. The molecule has 4 heteroatoms. The number of piperidine rings is 1. The van der Waals surface area contributed by atoms with Gasteiger partial charge < -0.3 is 10.6 Å². The van der Waals surface area contributed by atoms with Crippen LogP contribution in [0.25, 0.3) is 0 Å². The van der Waals surface area contributed by atoms with Gasteiger partial charge in [-0.2, -0.15) is 11.8 Å². The van der Waals surface area contributed by atoms with Crippen molar-refractivity contribution in [2.75, 3.05) is 25.9 Å². The van der Waals surface area contributed by atoms with Crippen molar-refractivity contribution in [2.24, 2.45) is 5.92 Å². The maximum absolute atomic E-state index is 11.9. The van der Waals surface area contributed by atoms with Crippen molar-refractivity contribution in [3.8, 4) is 0 Å². The van der Waals surface area contributed by atoms with Crippen LogP contribution in [0.2, 0.25) is 0 Å². The molecule has 0 aromatic heterocycles. The van der Waals surface area contributed by atoms with Crippen molar-refractivity contribution < 1.29 is 4.79 Å². The van der Waals surface area contributed by atoms with Crippen LogP contribution in [-0.2, 0) is 4.79 Å². The molecule has 0 aromatic carbocycles. The Morgan fingerprint density at radius 1 is 1.39 bits per heavy atom. The lowest BCUT2D eigenvalue weighted by Crippen LogP contribution is -2.45. The fourth-order valence-corrected chi connectivity index (χ4v) is 3.79. The lowest BCUT2D eigenvalue weighted by atomic mass is 9.84. The molecule has 1 saturated carbocycles. The average molecular weight is 270 g/mol. The summed E-state index contributed by atoms with van der Waals surface area (Å²) < 4.78 is 0.365. The zero-order valence-electron chi connectivity index (χ0n) is 11.5. The van der Waals surface area contributed by atoms with E-state index in [1.54, 1.807) is 0 Å². The molecule has 1 heterocycles. The zero-order valence-corrected chi connectivity index (χ0v) is 12.3. The van der Waals surface area contributed by atoms with E-state index in [-0.39, 0.29) is 5.91 Å². The summed E-state index contributed by atoms with van der Waals surface area (Å²) in [7, 11) is 0. The minimum Gasteiger partial charge on any atom is -0.355 e. The Hall–Kier alpha value is -0.220. The molecule has 2 rings (SSSR count). The number of carbonyl (C=O) groups excluding carboxylic acids is 1. The minimum absolute atomic E-state index is 0.258. The maximum Gasteiger partial charge on any atom is 0.220 e. The third-order valence-corrected chi connectivity index (χ3v) is 5.96. The van der Waals surface area contributed by atoms with Crippen molar-refractivity contribution in [1.82, 2.24) is 10.6 Å². The third kappa shape index (κ3) is 3.89. The highest BCUT2D eigenvalue weighted by Crippen LogP contribution is 2.42. The van der Waals surface area contributed by atoms with Gasteiger partial charge in [-0.25, -0.2) is 0 Å². The molecule has 0 unspecified atom stereocenters. The predicted molar refractivity (Wildman–Crippen MR) is 77.9 cm³/mol. The molecule has 1 aliphatic heterocycles. The van der Waals surface area contributed by atoms with Crippen LogP contribution in [0.5, 0.6) is 0 Å². The molecule has 0 radical (unpaired) electrons. The SMILES string of the molecule is CSC1(CNC(=O)CCC2CCNCC2)CCC1. The smallest absolute Gasteiger partial charge is 0.220 e. The summed E-state index contributed by atoms with van der Waals surface area (Å²) in [5, 5.41) is 6.51. The van der Waals surface area contributed by atoms with Crippen LogP contribution in [0.1, 0.15) is 44.9 Å². The highest BCUT2D eigenvalue weighted by atomic mass is 32.2. The number of amides is 1. The molecule has 2 aliphatic rings. The van der Waals surface area contributed by atoms with Crippen molar-refractivity contribution in [3.05, 3.63) is 0 Å². The van der Waals surface area contributed by atoms with Gasteiger partial charge in [0.05, 0.1) is 0 Å². The van der Waals surface area contributed by atoms with E-state index >= 15 is 0 Å². The Labute approximate surface area is 115 Å². The number of thioether (sulfide) groups is 1. The van der Waals surface area contributed by atoms with E-state index < -0.39 is 0 Å². The molecule has 1 aliphatic carbocycles. The van der Waals surface area contributed by atoms with Crippen LogP contribution in [0.15, 0.2) is 0 Å². The highest BCUT2D eigenvalue weighted by molar-refractivity contribution is 8.00. The largest absolute Gasteiger partial charge is 0.355 e. The van der Waals surface area contributed by atoms with Crippen LogP contribution in [0.3, 0.4) is 0 Å². The molecule has 1 amide bonds. The van der Waals surface area contributed by atoms with E-state index in [4.69, 9.17) is 0 Å². The van der Waals surface area contributed by atoms with Gasteiger partial charge in [-0.1, -0.05) is 6.42 Å². The number of rotatable bonds is 6. The summed E-state index contributed by atoms with van der Waals surface area (Å²) in [4.78, 5) is 11.9. The predicted octanol–water partition coefficient (Wildman–Crippen LogP) is 2.17. The minimum atomic E-state index is 0.258. The summed E-state index contributed by atoms with van der Waals surface area (Å²) in [5.41, 5.74) is 0. The Balaban J connectivity index is 1.59. The van der Waals surface area contributed by atoms with E-state index in [1.807, 2.05) is 11.8 Å². The normalized spacial score (nSPS) is 23.4. The monoisotopic (exact) mass is 270 g/mol. The Kier molecular flexibility index (Phi) is 5.37. The van der Waals surface area contributed by atoms with Gasteiger partial charge in [0.25, 0.3) is 0 Å². The van der Waals surface area contributed by atoms with Crippen LogP contribution in [-0.4, -0.2) is 36.5 Å². The summed E-state index contributed by atoms with van der Waals surface area (Å²) in [5.74, 6) is 1.02. The van der Waals surface area contributed by atoms with Crippen LogP contribution in [0.4, 0.5) is 0 Å². The van der Waals surface area contributed by atoms with Gasteiger partial charge in [0.2, 0.25) is 5.91 Å². The van der Waals surface area contributed by atoms with Crippen molar-refractivity contribution in [2.45, 2.75) is 49.7 Å². The molecule has 18 heavy (non-hydrogen) atoms. The first-order valence-electron chi connectivity index (χ1n) is 7.27. The molecule has 0 aromatic rings. The standard InChI is InChI=1S/C14H26N2OS/c1-18-14(7-2-8-14)11-16-13(17)4-3-12-5-9-15-10-6-12/h12,15H,2-11H2,1H3,(H,16,17). The summed E-state index contributed by atoms with van der Waals surface area (Å²) in [6, 6.07) is 0. The van der Waals surface area contributed by atoms with E-state index in [2.05, 4.69) is 16.9 Å². The van der Waals surface area contributed by atoms with Gasteiger partial charge in [0.15, 0.2) is 0 Å². The van der Waals surface area contributed by atoms with Gasteiger partial charge in [-0.05, 0) is 57.4 Å². The molecule has 0 atom stereocenters. The molecule has 104 valence electrons. The Morgan fingerprint density at radius 3 is 2.67 bits per heavy atom. The number of hydrogen-bond donors (Lipinski definition) is 2. The number of hydrogen-bond acceptors (Lipinski definition) is 3. The Morgan fingerprint density at radius 2 is 2.11 bits per heavy atom. The molecule has 1 saturated heterocycles. The first kappa shape index (κ1) is 14.2. The first-order chi connectivity index (χ1) is 8.74. The van der Waals surface area contributed by atoms with E-state index in [0.29, 0.717) is 4.75 Å². The molecule has 0 bridgehead atoms. The van der Waals surface area contributed by atoms with E-state index in [0.717, 1.165) is 38.4 Å². The van der Waals surface area contributed by atoms with Crippen LogP contribution < -0.4 is 10.6 Å². The fourth-order valence-electron chi connectivity index (χ4n) is 2.88. The van der Waals surface area contributed by atoms with Crippen molar-refractivity contribution in [1.29, 1.82) is 0 Å². The van der Waals surface area contributed by atoms with Gasteiger partial charge in [-0.3, -0.25) is 4.79 Å². The number of carbonyl (C=O) groups is 1. The average Bonchev–Trinajstić information content (AvgIpc) is 2.37. The lowest BCUT2D eigenvalue weighted by molar-refractivity contribution is -0.121. The zero-order chi connectivity index (χ0) is 12.8. The van der Waals surface area contributed by atoms with Crippen LogP contribution in [0, 0.1) is 5.92 Å².